The third-order valence-corrected chi connectivity index (χ3v) is 2.88. The first-order valence-corrected chi connectivity index (χ1v) is 6.71. The number of nitrogens with zero attached hydrogens (tertiary/aromatic N) is 1. The molecule has 3 nitrogen and oxygen atoms in total. The smallest absolute Gasteiger partial charge is 0.222 e. The molecule has 19 heavy (non-hydrogen) atoms. The van der Waals surface area contributed by atoms with Gasteiger partial charge in [-0.3, -0.25) is 4.79 Å². The highest BCUT2D eigenvalue weighted by atomic mass is 19.1. The maximum atomic E-state index is 12.8. The molecule has 0 saturated heterocycles. The second kappa shape index (κ2) is 7.89. The van der Waals surface area contributed by atoms with Gasteiger partial charge in [0, 0.05) is 26.1 Å². The second-order valence-corrected chi connectivity index (χ2v) is 5.09. The zero-order valence-corrected chi connectivity index (χ0v) is 11.9. The Morgan fingerprint density at radius 3 is 2.53 bits per heavy atom. The van der Waals surface area contributed by atoms with Gasteiger partial charge in [0.1, 0.15) is 5.82 Å². The highest BCUT2D eigenvalue weighted by Gasteiger charge is 2.09. The van der Waals surface area contributed by atoms with Crippen molar-refractivity contribution in [2.75, 3.05) is 13.6 Å². The van der Waals surface area contributed by atoms with Crippen molar-refractivity contribution in [1.29, 1.82) is 0 Å². The minimum absolute atomic E-state index is 0.120. The van der Waals surface area contributed by atoms with E-state index in [-0.39, 0.29) is 11.7 Å². The molecule has 0 saturated carbocycles. The van der Waals surface area contributed by atoms with Crippen molar-refractivity contribution in [3.8, 4) is 0 Å². The van der Waals surface area contributed by atoms with Gasteiger partial charge < -0.3 is 10.2 Å². The molecular weight excluding hydrogens is 243 g/mol. The van der Waals surface area contributed by atoms with E-state index < -0.39 is 0 Å². The molecule has 1 aromatic carbocycles. The summed E-state index contributed by atoms with van der Waals surface area (Å²) >= 11 is 0. The van der Waals surface area contributed by atoms with Crippen LogP contribution in [0.3, 0.4) is 0 Å². The third-order valence-electron chi connectivity index (χ3n) is 2.88. The molecule has 0 atom stereocenters. The molecule has 1 amide bonds. The first-order chi connectivity index (χ1) is 8.99. The Balaban J connectivity index is 2.30. The Labute approximate surface area is 114 Å². The maximum Gasteiger partial charge on any atom is 0.222 e. The van der Waals surface area contributed by atoms with E-state index in [1.807, 2.05) is 0 Å². The van der Waals surface area contributed by atoms with Gasteiger partial charge in [0.05, 0.1) is 0 Å². The Morgan fingerprint density at radius 2 is 1.95 bits per heavy atom. The van der Waals surface area contributed by atoms with E-state index in [9.17, 15) is 9.18 Å². The minimum atomic E-state index is -0.252. The topological polar surface area (TPSA) is 32.3 Å². The SMILES string of the molecule is CC(C)NCCCC(=O)N(C)Cc1ccc(F)cc1. The predicted molar refractivity (Wildman–Crippen MR) is 75.2 cm³/mol. The Morgan fingerprint density at radius 1 is 1.32 bits per heavy atom. The van der Waals surface area contributed by atoms with Crippen LogP contribution in [0.2, 0.25) is 0 Å². The van der Waals surface area contributed by atoms with Crippen molar-refractivity contribution in [3.63, 3.8) is 0 Å². The van der Waals surface area contributed by atoms with Gasteiger partial charge in [0.25, 0.3) is 0 Å². The highest BCUT2D eigenvalue weighted by Crippen LogP contribution is 2.07. The van der Waals surface area contributed by atoms with E-state index in [2.05, 4.69) is 19.2 Å². The number of carbonyl (C=O) groups is 1. The fourth-order valence-corrected chi connectivity index (χ4v) is 1.77. The Hall–Kier alpha value is -1.42. The maximum absolute atomic E-state index is 12.8. The summed E-state index contributed by atoms with van der Waals surface area (Å²) in [6, 6.07) is 6.70. The standard InChI is InChI=1S/C15H23FN2O/c1-12(2)17-10-4-5-15(19)18(3)11-13-6-8-14(16)9-7-13/h6-9,12,17H,4-5,10-11H2,1-3H3. The fraction of sp³-hybridized carbons (Fsp3) is 0.533. The van der Waals surface area contributed by atoms with Crippen molar-refractivity contribution < 1.29 is 9.18 Å². The minimum Gasteiger partial charge on any atom is -0.341 e. The van der Waals surface area contributed by atoms with Crippen LogP contribution in [0.15, 0.2) is 24.3 Å². The predicted octanol–water partition coefficient (Wildman–Crippen LogP) is 2.56. The third kappa shape index (κ3) is 6.34. The molecule has 4 heteroatoms. The lowest BCUT2D eigenvalue weighted by molar-refractivity contribution is -0.130. The van der Waals surface area contributed by atoms with Gasteiger partial charge in [-0.15, -0.1) is 0 Å². The highest BCUT2D eigenvalue weighted by molar-refractivity contribution is 5.75. The molecule has 0 aliphatic heterocycles. The fourth-order valence-electron chi connectivity index (χ4n) is 1.77. The van der Waals surface area contributed by atoms with Gasteiger partial charge in [-0.25, -0.2) is 4.39 Å². The van der Waals surface area contributed by atoms with Crippen LogP contribution in [-0.4, -0.2) is 30.4 Å². The van der Waals surface area contributed by atoms with Crippen molar-refractivity contribution in [2.24, 2.45) is 0 Å². The summed E-state index contributed by atoms with van der Waals surface area (Å²) in [7, 11) is 1.78. The number of amides is 1. The van der Waals surface area contributed by atoms with Crippen molar-refractivity contribution in [1.82, 2.24) is 10.2 Å². The summed E-state index contributed by atoms with van der Waals surface area (Å²) in [6.07, 6.45) is 1.38. The van der Waals surface area contributed by atoms with E-state index in [0.29, 0.717) is 19.0 Å². The summed E-state index contributed by atoms with van der Waals surface area (Å²) in [4.78, 5) is 13.6. The van der Waals surface area contributed by atoms with Crippen LogP contribution in [0, 0.1) is 5.82 Å². The molecule has 0 aromatic heterocycles. The summed E-state index contributed by atoms with van der Waals surface area (Å²) in [6.45, 7) is 5.55. The van der Waals surface area contributed by atoms with Crippen molar-refractivity contribution in [2.45, 2.75) is 39.3 Å². The van der Waals surface area contributed by atoms with Gasteiger partial charge in [-0.05, 0) is 30.7 Å². The van der Waals surface area contributed by atoms with Gasteiger partial charge >= 0.3 is 0 Å². The van der Waals surface area contributed by atoms with E-state index in [1.165, 1.54) is 12.1 Å². The van der Waals surface area contributed by atoms with E-state index in [4.69, 9.17) is 0 Å². The molecule has 1 aromatic rings. The van der Waals surface area contributed by atoms with Crippen molar-refractivity contribution in [3.05, 3.63) is 35.6 Å². The van der Waals surface area contributed by atoms with Crippen LogP contribution >= 0.6 is 0 Å². The molecule has 0 aliphatic rings. The molecule has 0 unspecified atom stereocenters. The molecule has 0 radical (unpaired) electrons. The lowest BCUT2D eigenvalue weighted by Gasteiger charge is -2.17. The molecule has 0 aliphatic carbocycles. The van der Waals surface area contributed by atoms with Crippen LogP contribution in [0.4, 0.5) is 4.39 Å². The Bertz CT molecular complexity index is 390. The molecule has 1 N–H and O–H groups in total. The Kier molecular flexibility index (Phi) is 6.50. The largest absolute Gasteiger partial charge is 0.341 e. The normalized spacial score (nSPS) is 10.8. The van der Waals surface area contributed by atoms with Gasteiger partial charge in [0.15, 0.2) is 0 Å². The zero-order valence-electron chi connectivity index (χ0n) is 11.9. The molecule has 0 fully saturated rings. The lowest BCUT2D eigenvalue weighted by atomic mass is 10.2. The summed E-state index contributed by atoms with van der Waals surface area (Å²) in [5.74, 6) is -0.132. The first kappa shape index (κ1) is 15.6. The number of nitrogens with one attached hydrogen (secondary N) is 1. The monoisotopic (exact) mass is 266 g/mol. The zero-order chi connectivity index (χ0) is 14.3. The molecule has 0 heterocycles. The second-order valence-electron chi connectivity index (χ2n) is 5.09. The number of hydrogen-bond acceptors (Lipinski definition) is 2. The average molecular weight is 266 g/mol. The van der Waals surface area contributed by atoms with Crippen molar-refractivity contribution >= 4 is 5.91 Å². The van der Waals surface area contributed by atoms with Gasteiger partial charge in [-0.2, -0.15) is 0 Å². The average Bonchev–Trinajstić information content (AvgIpc) is 2.36. The first-order valence-electron chi connectivity index (χ1n) is 6.71. The molecule has 0 bridgehead atoms. The summed E-state index contributed by atoms with van der Waals surface area (Å²) in [5, 5.41) is 3.28. The summed E-state index contributed by atoms with van der Waals surface area (Å²) < 4.78 is 12.8. The van der Waals surface area contributed by atoms with Crippen LogP contribution in [0.25, 0.3) is 0 Å². The van der Waals surface area contributed by atoms with E-state index in [1.54, 1.807) is 24.1 Å². The number of hydrogen-bond donors (Lipinski definition) is 1. The number of rotatable bonds is 7. The summed E-state index contributed by atoms with van der Waals surface area (Å²) in [5.41, 5.74) is 0.942. The van der Waals surface area contributed by atoms with E-state index in [0.717, 1.165) is 18.5 Å². The molecule has 0 spiro atoms. The molecular formula is C15H23FN2O. The van der Waals surface area contributed by atoms with Gasteiger partial charge in [-0.1, -0.05) is 26.0 Å². The number of carbonyl (C=O) groups excluding carboxylic acids is 1. The van der Waals surface area contributed by atoms with Crippen LogP contribution in [0.5, 0.6) is 0 Å². The van der Waals surface area contributed by atoms with Crippen LogP contribution in [-0.2, 0) is 11.3 Å². The molecule has 106 valence electrons. The molecule has 1 rings (SSSR count). The quantitative estimate of drug-likeness (QED) is 0.769. The van der Waals surface area contributed by atoms with Crippen LogP contribution in [0.1, 0.15) is 32.3 Å². The number of benzene rings is 1. The van der Waals surface area contributed by atoms with E-state index >= 15 is 0 Å². The van der Waals surface area contributed by atoms with Crippen LogP contribution < -0.4 is 5.32 Å². The lowest BCUT2D eigenvalue weighted by Crippen LogP contribution is -2.28. The van der Waals surface area contributed by atoms with Gasteiger partial charge in [0.2, 0.25) is 5.91 Å². The number of halogens is 1.